The van der Waals surface area contributed by atoms with Gasteiger partial charge in [0, 0.05) is 5.39 Å². The number of unbranched alkanes of at least 4 members (excludes halogenated alkanes) is 1. The van der Waals surface area contributed by atoms with Crippen LogP contribution in [0.1, 0.15) is 44.8 Å². The fourth-order valence-electron chi connectivity index (χ4n) is 3.04. The smallest absolute Gasteiger partial charge is 0.259 e. The third kappa shape index (κ3) is 3.03. The highest BCUT2D eigenvalue weighted by Crippen LogP contribution is 2.40. The summed E-state index contributed by atoms with van der Waals surface area (Å²) in [5.41, 5.74) is 0.661. The molecule has 1 aliphatic rings. The van der Waals surface area contributed by atoms with E-state index in [-0.39, 0.29) is 11.6 Å². The van der Waals surface area contributed by atoms with Gasteiger partial charge in [-0.1, -0.05) is 43.5 Å². The zero-order valence-corrected chi connectivity index (χ0v) is 15.3. The summed E-state index contributed by atoms with van der Waals surface area (Å²) in [6.45, 7) is 4.65. The van der Waals surface area contributed by atoms with Crippen LogP contribution < -0.4 is 10.3 Å². The molecule has 0 amide bonds. The molecule has 1 aliphatic carbocycles. The fraction of sp³-hybridized carbons (Fsp3) is 0.500. The molecule has 0 saturated heterocycles. The third-order valence-corrected chi connectivity index (χ3v) is 5.16. The molecule has 6 heteroatoms. The van der Waals surface area contributed by atoms with Crippen LogP contribution in [0.15, 0.2) is 16.9 Å². The Morgan fingerprint density at radius 2 is 1.88 bits per heavy atom. The number of ether oxygens (including phenoxy) is 1. The van der Waals surface area contributed by atoms with Crippen LogP contribution in [-0.4, -0.2) is 22.4 Å². The van der Waals surface area contributed by atoms with E-state index in [1.165, 1.54) is 0 Å². The summed E-state index contributed by atoms with van der Waals surface area (Å²) in [5.74, 6) is 0.679. The molecule has 4 nitrogen and oxygen atoms in total. The Bertz CT molecular complexity index is 831. The van der Waals surface area contributed by atoms with Gasteiger partial charge in [-0.05, 0) is 31.4 Å². The molecule has 1 fully saturated rings. The first-order valence-electron chi connectivity index (χ1n) is 8.36. The maximum atomic E-state index is 13.0. The summed E-state index contributed by atoms with van der Waals surface area (Å²) in [4.78, 5) is 13.0. The SMILES string of the molecule is CCCCOc1c(CC)n(C2CC2O)c(=O)c2cc(Cl)c(Cl)cc12. The molecule has 1 N–H and O–H groups in total. The number of hydrogen-bond acceptors (Lipinski definition) is 3. The first kappa shape index (κ1) is 17.6. The van der Waals surface area contributed by atoms with Crippen molar-refractivity contribution in [2.24, 2.45) is 0 Å². The first-order valence-corrected chi connectivity index (χ1v) is 9.12. The van der Waals surface area contributed by atoms with E-state index in [2.05, 4.69) is 6.92 Å². The molecule has 0 aliphatic heterocycles. The van der Waals surface area contributed by atoms with Gasteiger partial charge in [-0.15, -0.1) is 0 Å². The van der Waals surface area contributed by atoms with Crippen LogP contribution >= 0.6 is 23.2 Å². The predicted molar refractivity (Wildman–Crippen MR) is 97.7 cm³/mol. The van der Waals surface area contributed by atoms with Gasteiger partial charge in [-0.25, -0.2) is 0 Å². The van der Waals surface area contributed by atoms with E-state index in [4.69, 9.17) is 27.9 Å². The molecule has 1 saturated carbocycles. The van der Waals surface area contributed by atoms with E-state index < -0.39 is 6.10 Å². The Hall–Kier alpha value is -1.23. The van der Waals surface area contributed by atoms with Crippen LogP contribution in [0.5, 0.6) is 5.75 Å². The van der Waals surface area contributed by atoms with Crippen LogP contribution in [0, 0.1) is 0 Å². The Morgan fingerprint density at radius 1 is 1.25 bits per heavy atom. The molecule has 0 spiro atoms. The third-order valence-electron chi connectivity index (χ3n) is 4.44. The molecule has 1 aromatic heterocycles. The second kappa shape index (κ2) is 6.95. The summed E-state index contributed by atoms with van der Waals surface area (Å²) < 4.78 is 7.72. The molecule has 1 heterocycles. The summed E-state index contributed by atoms with van der Waals surface area (Å²) in [6.07, 6.45) is 2.70. The van der Waals surface area contributed by atoms with Crippen LogP contribution in [0.3, 0.4) is 0 Å². The van der Waals surface area contributed by atoms with E-state index in [1.54, 1.807) is 16.7 Å². The Labute approximate surface area is 150 Å². The first-order chi connectivity index (χ1) is 11.5. The normalized spacial score (nSPS) is 19.7. The van der Waals surface area contributed by atoms with E-state index in [1.807, 2.05) is 6.92 Å². The zero-order chi connectivity index (χ0) is 17.4. The average Bonchev–Trinajstić information content (AvgIpc) is 3.27. The number of aliphatic hydroxyl groups excluding tert-OH is 1. The van der Waals surface area contributed by atoms with E-state index >= 15 is 0 Å². The largest absolute Gasteiger partial charge is 0.491 e. The lowest BCUT2D eigenvalue weighted by molar-refractivity contribution is 0.256. The quantitative estimate of drug-likeness (QED) is 0.769. The Kier molecular flexibility index (Phi) is 5.09. The molecular formula is C18H21Cl2NO3. The van der Waals surface area contributed by atoms with Crippen molar-refractivity contribution in [1.29, 1.82) is 0 Å². The van der Waals surface area contributed by atoms with Crippen molar-refractivity contribution in [3.05, 3.63) is 38.2 Å². The lowest BCUT2D eigenvalue weighted by Crippen LogP contribution is -2.25. The van der Waals surface area contributed by atoms with Crippen LogP contribution in [-0.2, 0) is 6.42 Å². The molecule has 0 radical (unpaired) electrons. The lowest BCUT2D eigenvalue weighted by Gasteiger charge is -2.19. The highest BCUT2D eigenvalue weighted by Gasteiger charge is 2.40. The van der Waals surface area contributed by atoms with Gasteiger partial charge < -0.3 is 14.4 Å². The fourth-order valence-corrected chi connectivity index (χ4v) is 3.36. The van der Waals surface area contributed by atoms with E-state index in [9.17, 15) is 9.90 Å². The summed E-state index contributed by atoms with van der Waals surface area (Å²) in [5, 5.41) is 11.8. The van der Waals surface area contributed by atoms with Crippen molar-refractivity contribution < 1.29 is 9.84 Å². The number of rotatable bonds is 6. The molecule has 3 rings (SSSR count). The monoisotopic (exact) mass is 369 g/mol. The van der Waals surface area contributed by atoms with Gasteiger partial charge in [-0.3, -0.25) is 4.79 Å². The van der Waals surface area contributed by atoms with Crippen LogP contribution in [0.4, 0.5) is 0 Å². The Morgan fingerprint density at radius 3 is 2.42 bits per heavy atom. The zero-order valence-electron chi connectivity index (χ0n) is 13.8. The molecule has 2 aromatic rings. The number of nitrogens with zero attached hydrogens (tertiary/aromatic N) is 1. The number of benzene rings is 1. The van der Waals surface area contributed by atoms with Gasteiger partial charge in [0.2, 0.25) is 0 Å². The number of pyridine rings is 1. The number of aliphatic hydroxyl groups is 1. The number of hydrogen-bond donors (Lipinski definition) is 1. The Balaban J connectivity index is 2.28. The summed E-state index contributed by atoms with van der Waals surface area (Å²) >= 11 is 12.3. The van der Waals surface area contributed by atoms with Gasteiger partial charge in [0.05, 0.1) is 39.9 Å². The predicted octanol–water partition coefficient (Wildman–Crippen LogP) is 4.36. The average molecular weight is 370 g/mol. The van der Waals surface area contributed by atoms with Crippen LogP contribution in [0.2, 0.25) is 10.0 Å². The minimum absolute atomic E-state index is 0.148. The van der Waals surface area contributed by atoms with Crippen molar-refractivity contribution >= 4 is 34.0 Å². The number of halogens is 2. The van der Waals surface area contributed by atoms with Gasteiger partial charge in [-0.2, -0.15) is 0 Å². The van der Waals surface area contributed by atoms with Crippen molar-refractivity contribution in [1.82, 2.24) is 4.57 Å². The minimum Gasteiger partial charge on any atom is -0.491 e. The second-order valence-electron chi connectivity index (χ2n) is 6.19. The highest BCUT2D eigenvalue weighted by molar-refractivity contribution is 6.42. The van der Waals surface area contributed by atoms with E-state index in [0.29, 0.717) is 46.0 Å². The number of aromatic nitrogens is 1. The minimum atomic E-state index is -0.475. The summed E-state index contributed by atoms with van der Waals surface area (Å²) in [7, 11) is 0. The molecule has 24 heavy (non-hydrogen) atoms. The van der Waals surface area contributed by atoms with E-state index in [0.717, 1.165) is 18.5 Å². The molecule has 1 aromatic carbocycles. The molecule has 0 bridgehead atoms. The van der Waals surface area contributed by atoms with Gasteiger partial charge >= 0.3 is 0 Å². The maximum Gasteiger partial charge on any atom is 0.259 e. The van der Waals surface area contributed by atoms with Gasteiger partial charge in [0.25, 0.3) is 5.56 Å². The van der Waals surface area contributed by atoms with Crippen molar-refractivity contribution in [3.8, 4) is 5.75 Å². The molecule has 2 unspecified atom stereocenters. The van der Waals surface area contributed by atoms with Crippen molar-refractivity contribution in [2.75, 3.05) is 6.61 Å². The highest BCUT2D eigenvalue weighted by atomic mass is 35.5. The van der Waals surface area contributed by atoms with Gasteiger partial charge in [0.1, 0.15) is 5.75 Å². The van der Waals surface area contributed by atoms with Crippen LogP contribution in [0.25, 0.3) is 10.8 Å². The standard InChI is InChI=1S/C18H21Cl2NO3/c1-3-5-6-24-17-10-7-12(19)13(20)8-11(10)18(23)21(14(17)4-2)15-9-16(15)22/h7-8,15-16,22H,3-6,9H2,1-2H3. The van der Waals surface area contributed by atoms with Crippen molar-refractivity contribution in [3.63, 3.8) is 0 Å². The van der Waals surface area contributed by atoms with Gasteiger partial charge in [0.15, 0.2) is 0 Å². The lowest BCUT2D eigenvalue weighted by atomic mass is 10.1. The molecule has 2 atom stereocenters. The number of fused-ring (bicyclic) bond motifs is 1. The molecular weight excluding hydrogens is 349 g/mol. The topological polar surface area (TPSA) is 51.5 Å². The summed E-state index contributed by atoms with van der Waals surface area (Å²) in [6, 6.07) is 3.12. The molecule has 130 valence electrons. The van der Waals surface area contributed by atoms with Crippen molar-refractivity contribution in [2.45, 2.75) is 51.7 Å². The second-order valence-corrected chi connectivity index (χ2v) is 7.00. The maximum absolute atomic E-state index is 13.0.